The van der Waals surface area contributed by atoms with E-state index in [1.807, 2.05) is 36.4 Å². The van der Waals surface area contributed by atoms with Crippen LogP contribution in [0.3, 0.4) is 0 Å². The van der Waals surface area contributed by atoms with Crippen LogP contribution in [0.4, 0.5) is 5.69 Å². The zero-order chi connectivity index (χ0) is 14.4. The van der Waals surface area contributed by atoms with E-state index in [2.05, 4.69) is 22.5 Å². The summed E-state index contributed by atoms with van der Waals surface area (Å²) in [6, 6.07) is 12.0. The summed E-state index contributed by atoms with van der Waals surface area (Å²) in [5.41, 5.74) is 3.12. The molecule has 0 fully saturated rings. The molecule has 0 aliphatic carbocycles. The first kappa shape index (κ1) is 14.2. The van der Waals surface area contributed by atoms with Crippen LogP contribution < -0.4 is 10.6 Å². The van der Waals surface area contributed by atoms with Crippen LogP contribution in [0.2, 0.25) is 0 Å². The fraction of sp³-hybridized carbons (Fsp3) is 0.250. The van der Waals surface area contributed by atoms with Gasteiger partial charge in [0, 0.05) is 37.6 Å². The minimum atomic E-state index is -0.0559. The summed E-state index contributed by atoms with van der Waals surface area (Å²) in [5, 5.41) is 6.30. The quantitative estimate of drug-likeness (QED) is 0.877. The lowest BCUT2D eigenvalue weighted by molar-refractivity contribution is -0.114. The summed E-state index contributed by atoms with van der Waals surface area (Å²) in [5.74, 6) is -0.0559. The monoisotopic (exact) mass is 269 g/mol. The van der Waals surface area contributed by atoms with Crippen molar-refractivity contribution in [2.24, 2.45) is 0 Å². The minimum absolute atomic E-state index is 0.0559. The number of amides is 1. The normalized spacial score (nSPS) is 11.9. The average molecular weight is 269 g/mol. The number of carbonyl (C=O) groups is 1. The molecule has 1 amide bonds. The summed E-state index contributed by atoms with van der Waals surface area (Å²) in [4.78, 5) is 15.2. The highest BCUT2D eigenvalue weighted by Crippen LogP contribution is 2.17. The third-order valence-electron chi connectivity index (χ3n) is 3.13. The van der Waals surface area contributed by atoms with Crippen LogP contribution in [-0.4, -0.2) is 10.9 Å². The molecule has 2 aromatic rings. The van der Waals surface area contributed by atoms with Gasteiger partial charge in [0.15, 0.2) is 0 Å². The molecular formula is C16H19N3O. The zero-order valence-corrected chi connectivity index (χ0v) is 11.8. The van der Waals surface area contributed by atoms with Crippen LogP contribution in [0.25, 0.3) is 0 Å². The van der Waals surface area contributed by atoms with E-state index in [9.17, 15) is 4.79 Å². The van der Waals surface area contributed by atoms with E-state index in [0.29, 0.717) is 6.54 Å². The number of nitrogens with zero attached hydrogens (tertiary/aromatic N) is 1. The Bertz CT molecular complexity index is 569. The summed E-state index contributed by atoms with van der Waals surface area (Å²) in [6.45, 7) is 4.32. The number of pyridine rings is 1. The molecule has 1 heterocycles. The molecule has 0 bridgehead atoms. The second kappa shape index (κ2) is 6.82. The van der Waals surface area contributed by atoms with E-state index >= 15 is 0 Å². The zero-order valence-electron chi connectivity index (χ0n) is 11.8. The number of hydrogen-bond donors (Lipinski definition) is 2. The number of para-hydroxylation sites is 1. The second-order valence-corrected chi connectivity index (χ2v) is 4.72. The first-order chi connectivity index (χ1) is 9.66. The summed E-state index contributed by atoms with van der Waals surface area (Å²) >= 11 is 0. The fourth-order valence-electron chi connectivity index (χ4n) is 2.02. The molecule has 0 aliphatic rings. The largest absolute Gasteiger partial charge is 0.326 e. The van der Waals surface area contributed by atoms with E-state index in [4.69, 9.17) is 0 Å². The maximum absolute atomic E-state index is 11.2. The number of carbonyl (C=O) groups excluding carboxylic acids is 1. The summed E-state index contributed by atoms with van der Waals surface area (Å²) in [6.07, 6.45) is 3.58. The molecule has 0 radical (unpaired) electrons. The van der Waals surface area contributed by atoms with Gasteiger partial charge < -0.3 is 10.6 Å². The maximum atomic E-state index is 11.2. The standard InChI is InChI=1S/C16H19N3O/c1-12(14-7-9-17-10-8-14)18-11-15-5-3-4-6-16(15)19-13(2)20/h3-10,12,18H,11H2,1-2H3,(H,19,20)/t12-/m1/s1. The first-order valence-electron chi connectivity index (χ1n) is 6.65. The topological polar surface area (TPSA) is 54.0 Å². The molecule has 1 atom stereocenters. The third kappa shape index (κ3) is 3.90. The van der Waals surface area contributed by atoms with Crippen molar-refractivity contribution < 1.29 is 4.79 Å². The highest BCUT2D eigenvalue weighted by molar-refractivity contribution is 5.89. The van der Waals surface area contributed by atoms with Crippen molar-refractivity contribution in [3.8, 4) is 0 Å². The van der Waals surface area contributed by atoms with Gasteiger partial charge in [-0.1, -0.05) is 18.2 Å². The van der Waals surface area contributed by atoms with Crippen molar-refractivity contribution in [1.82, 2.24) is 10.3 Å². The molecule has 104 valence electrons. The van der Waals surface area contributed by atoms with Gasteiger partial charge in [-0.3, -0.25) is 9.78 Å². The van der Waals surface area contributed by atoms with Crippen LogP contribution in [0.15, 0.2) is 48.8 Å². The van der Waals surface area contributed by atoms with Crippen LogP contribution >= 0.6 is 0 Å². The molecule has 0 aliphatic heterocycles. The van der Waals surface area contributed by atoms with Gasteiger partial charge in [-0.2, -0.15) is 0 Å². The van der Waals surface area contributed by atoms with Gasteiger partial charge in [-0.25, -0.2) is 0 Å². The lowest BCUT2D eigenvalue weighted by Gasteiger charge is -2.16. The van der Waals surface area contributed by atoms with Gasteiger partial charge in [0.25, 0.3) is 0 Å². The molecule has 2 N–H and O–H groups in total. The lowest BCUT2D eigenvalue weighted by Crippen LogP contribution is -2.19. The van der Waals surface area contributed by atoms with Gasteiger partial charge in [-0.15, -0.1) is 0 Å². The molecule has 2 rings (SSSR count). The Balaban J connectivity index is 2.02. The van der Waals surface area contributed by atoms with Crippen LogP contribution in [0.1, 0.15) is 31.0 Å². The van der Waals surface area contributed by atoms with Crippen LogP contribution in [-0.2, 0) is 11.3 Å². The van der Waals surface area contributed by atoms with E-state index < -0.39 is 0 Å². The number of benzene rings is 1. The number of rotatable bonds is 5. The van der Waals surface area contributed by atoms with Crippen LogP contribution in [0.5, 0.6) is 0 Å². The molecule has 20 heavy (non-hydrogen) atoms. The van der Waals surface area contributed by atoms with Crippen molar-refractivity contribution in [1.29, 1.82) is 0 Å². The Morgan fingerprint density at radius 3 is 2.60 bits per heavy atom. The SMILES string of the molecule is CC(=O)Nc1ccccc1CN[C@H](C)c1ccncc1. The van der Waals surface area contributed by atoms with Gasteiger partial charge in [0.05, 0.1) is 0 Å². The summed E-state index contributed by atoms with van der Waals surface area (Å²) in [7, 11) is 0. The number of nitrogens with one attached hydrogen (secondary N) is 2. The molecule has 0 unspecified atom stereocenters. The first-order valence-corrected chi connectivity index (χ1v) is 6.65. The van der Waals surface area contributed by atoms with E-state index in [1.165, 1.54) is 12.5 Å². The van der Waals surface area contributed by atoms with Crippen molar-refractivity contribution in [2.75, 3.05) is 5.32 Å². The van der Waals surface area contributed by atoms with Crippen molar-refractivity contribution >= 4 is 11.6 Å². The molecule has 1 aromatic carbocycles. The van der Waals surface area contributed by atoms with E-state index in [0.717, 1.165) is 11.3 Å². The minimum Gasteiger partial charge on any atom is -0.326 e. The predicted molar refractivity (Wildman–Crippen MR) is 80.2 cm³/mol. The van der Waals surface area contributed by atoms with Crippen molar-refractivity contribution in [2.45, 2.75) is 26.4 Å². The summed E-state index contributed by atoms with van der Waals surface area (Å²) < 4.78 is 0. The van der Waals surface area contributed by atoms with Gasteiger partial charge in [0.2, 0.25) is 5.91 Å². The molecule has 0 spiro atoms. The second-order valence-electron chi connectivity index (χ2n) is 4.72. The number of hydrogen-bond acceptors (Lipinski definition) is 3. The Labute approximate surface area is 119 Å². The van der Waals surface area contributed by atoms with E-state index in [-0.39, 0.29) is 11.9 Å². The Hall–Kier alpha value is -2.20. The average Bonchev–Trinajstić information content (AvgIpc) is 2.46. The highest BCUT2D eigenvalue weighted by atomic mass is 16.1. The molecule has 0 saturated carbocycles. The fourth-order valence-corrected chi connectivity index (χ4v) is 2.02. The highest BCUT2D eigenvalue weighted by Gasteiger charge is 2.07. The third-order valence-corrected chi connectivity index (χ3v) is 3.13. The van der Waals surface area contributed by atoms with Crippen molar-refractivity contribution in [3.05, 3.63) is 59.9 Å². The van der Waals surface area contributed by atoms with Gasteiger partial charge in [0.1, 0.15) is 0 Å². The smallest absolute Gasteiger partial charge is 0.221 e. The van der Waals surface area contributed by atoms with Gasteiger partial charge in [-0.05, 0) is 36.2 Å². The van der Waals surface area contributed by atoms with Crippen molar-refractivity contribution in [3.63, 3.8) is 0 Å². The Kier molecular flexibility index (Phi) is 4.85. The maximum Gasteiger partial charge on any atom is 0.221 e. The molecule has 4 heteroatoms. The van der Waals surface area contributed by atoms with Gasteiger partial charge >= 0.3 is 0 Å². The van der Waals surface area contributed by atoms with E-state index in [1.54, 1.807) is 12.4 Å². The molecule has 0 saturated heterocycles. The molecular weight excluding hydrogens is 250 g/mol. The molecule has 4 nitrogen and oxygen atoms in total. The predicted octanol–water partition coefficient (Wildman–Crippen LogP) is 2.89. The lowest BCUT2D eigenvalue weighted by atomic mass is 10.1. The number of aromatic nitrogens is 1. The Morgan fingerprint density at radius 1 is 1.20 bits per heavy atom. The molecule has 1 aromatic heterocycles. The van der Waals surface area contributed by atoms with Crippen LogP contribution in [0, 0.1) is 0 Å². The Morgan fingerprint density at radius 2 is 1.90 bits per heavy atom. The number of anilines is 1.